The van der Waals surface area contributed by atoms with Crippen molar-refractivity contribution >= 4 is 50.9 Å². The molecule has 1 saturated heterocycles. The number of ether oxygens (including phenoxy) is 1. The minimum absolute atomic E-state index is 0.701. The molecule has 0 spiro atoms. The van der Waals surface area contributed by atoms with Crippen LogP contribution in [0.1, 0.15) is 12.8 Å². The lowest BCUT2D eigenvalue weighted by atomic mass is 10.1. The van der Waals surface area contributed by atoms with Gasteiger partial charge in [-0.1, -0.05) is 36.0 Å². The van der Waals surface area contributed by atoms with E-state index in [0.717, 1.165) is 62.0 Å². The largest absolute Gasteiger partial charge is 0.495 e. The van der Waals surface area contributed by atoms with Gasteiger partial charge in [-0.05, 0) is 43.2 Å². The second-order valence-electron chi connectivity index (χ2n) is 8.42. The predicted molar refractivity (Wildman–Crippen MR) is 141 cm³/mol. The maximum atomic E-state index is 5.27. The summed E-state index contributed by atoms with van der Waals surface area (Å²) < 4.78 is 5.27. The highest BCUT2D eigenvalue weighted by atomic mass is 32.2. The Labute approximate surface area is 207 Å². The molecule has 1 aliphatic heterocycles. The fourth-order valence-corrected chi connectivity index (χ4v) is 5.30. The van der Waals surface area contributed by atoms with E-state index in [0.29, 0.717) is 5.75 Å². The van der Waals surface area contributed by atoms with Crippen molar-refractivity contribution in [3.63, 3.8) is 0 Å². The van der Waals surface area contributed by atoms with Crippen LogP contribution in [0.15, 0.2) is 82.8 Å². The van der Waals surface area contributed by atoms with Crippen LogP contribution < -0.4 is 15.0 Å². The molecule has 8 heteroatoms. The van der Waals surface area contributed by atoms with Crippen LogP contribution in [0, 0.1) is 0 Å². The van der Waals surface area contributed by atoms with Crippen molar-refractivity contribution in [3.8, 4) is 5.75 Å². The zero-order valence-corrected chi connectivity index (χ0v) is 20.1. The highest BCUT2D eigenvalue weighted by Crippen LogP contribution is 2.35. The zero-order chi connectivity index (χ0) is 23.6. The molecule has 3 aromatic heterocycles. The van der Waals surface area contributed by atoms with Crippen LogP contribution in [0.2, 0.25) is 0 Å². The second-order valence-corrected chi connectivity index (χ2v) is 9.53. The van der Waals surface area contributed by atoms with Gasteiger partial charge in [0.25, 0.3) is 0 Å². The molecule has 0 radical (unpaired) electrons. The van der Waals surface area contributed by atoms with Crippen LogP contribution in [0.3, 0.4) is 0 Å². The van der Waals surface area contributed by atoms with Crippen LogP contribution in [0.4, 0.5) is 17.3 Å². The minimum atomic E-state index is 0.701. The Balaban J connectivity index is 1.24. The van der Waals surface area contributed by atoms with E-state index in [2.05, 4.69) is 72.8 Å². The van der Waals surface area contributed by atoms with Gasteiger partial charge in [-0.25, -0.2) is 4.98 Å². The Morgan fingerprint density at radius 3 is 2.51 bits per heavy atom. The van der Waals surface area contributed by atoms with Gasteiger partial charge >= 0.3 is 0 Å². The molecule has 1 fully saturated rings. The summed E-state index contributed by atoms with van der Waals surface area (Å²) in [7, 11) is 1.63. The number of fused-ring (bicyclic) bond motifs is 2. The van der Waals surface area contributed by atoms with E-state index in [1.165, 1.54) is 12.8 Å². The standard InChI is InChI=1S/C27H24N6OS/c1-34-19-16-23-25(29-17-19)24(12-13-28-23)35-20-10-8-18(9-11-20)30-26-21-6-2-3-7-22(21)27(32-31-26)33-14-4-5-15-33/h2-3,6-13,16-17H,4-5,14-15H2,1H3,(H,30,31). The summed E-state index contributed by atoms with van der Waals surface area (Å²) in [4.78, 5) is 13.5. The third-order valence-corrected chi connectivity index (χ3v) is 7.23. The minimum Gasteiger partial charge on any atom is -0.495 e. The van der Waals surface area contributed by atoms with Crippen LogP contribution in [0.25, 0.3) is 21.8 Å². The highest BCUT2D eigenvalue weighted by molar-refractivity contribution is 7.99. The lowest BCUT2D eigenvalue weighted by molar-refractivity contribution is 0.413. The predicted octanol–water partition coefficient (Wildman–Crippen LogP) is 6.08. The number of nitrogens with zero attached hydrogens (tertiary/aromatic N) is 5. The highest BCUT2D eigenvalue weighted by Gasteiger charge is 2.18. The number of rotatable bonds is 6. The molecule has 174 valence electrons. The Hall–Kier alpha value is -3.91. The Morgan fingerprint density at radius 2 is 1.71 bits per heavy atom. The Kier molecular flexibility index (Phi) is 5.79. The van der Waals surface area contributed by atoms with Gasteiger partial charge in [-0.3, -0.25) is 4.98 Å². The molecular formula is C27H24N6OS. The molecule has 1 N–H and O–H groups in total. The number of pyridine rings is 2. The summed E-state index contributed by atoms with van der Waals surface area (Å²) in [5, 5.41) is 14.8. The number of nitrogens with one attached hydrogen (secondary N) is 1. The molecule has 0 atom stereocenters. The molecule has 6 rings (SSSR count). The van der Waals surface area contributed by atoms with Crippen molar-refractivity contribution in [2.45, 2.75) is 22.6 Å². The lowest BCUT2D eigenvalue weighted by Crippen LogP contribution is -2.20. The van der Waals surface area contributed by atoms with Gasteiger partial charge in [-0.15, -0.1) is 10.2 Å². The smallest absolute Gasteiger partial charge is 0.161 e. The number of aromatic nitrogens is 4. The number of hydrogen-bond donors (Lipinski definition) is 1. The van der Waals surface area contributed by atoms with E-state index in [9.17, 15) is 0 Å². The van der Waals surface area contributed by atoms with Crippen LogP contribution in [-0.4, -0.2) is 40.4 Å². The maximum Gasteiger partial charge on any atom is 0.161 e. The van der Waals surface area contributed by atoms with E-state index in [4.69, 9.17) is 4.74 Å². The third-order valence-electron chi connectivity index (χ3n) is 6.17. The van der Waals surface area contributed by atoms with Crippen molar-refractivity contribution in [2.75, 3.05) is 30.4 Å². The molecule has 1 aliphatic rings. The normalized spacial score (nSPS) is 13.5. The Bertz CT molecular complexity index is 1500. The average molecular weight is 481 g/mol. The molecule has 0 saturated carbocycles. The number of hydrogen-bond acceptors (Lipinski definition) is 8. The van der Waals surface area contributed by atoms with Gasteiger partial charge in [-0.2, -0.15) is 0 Å². The molecule has 35 heavy (non-hydrogen) atoms. The van der Waals surface area contributed by atoms with Crippen molar-refractivity contribution < 1.29 is 4.74 Å². The zero-order valence-electron chi connectivity index (χ0n) is 19.3. The van der Waals surface area contributed by atoms with E-state index >= 15 is 0 Å². The van der Waals surface area contributed by atoms with Gasteiger partial charge in [0.05, 0.1) is 18.8 Å². The van der Waals surface area contributed by atoms with Crippen molar-refractivity contribution in [2.24, 2.45) is 0 Å². The summed E-state index contributed by atoms with van der Waals surface area (Å²) in [6.07, 6.45) is 5.94. The molecule has 0 bridgehead atoms. The lowest BCUT2D eigenvalue weighted by Gasteiger charge is -2.19. The topological polar surface area (TPSA) is 76.1 Å². The average Bonchev–Trinajstić information content (AvgIpc) is 3.45. The van der Waals surface area contributed by atoms with Gasteiger partial charge in [0, 0.05) is 51.6 Å². The Morgan fingerprint density at radius 1 is 0.914 bits per heavy atom. The summed E-state index contributed by atoms with van der Waals surface area (Å²) >= 11 is 1.66. The first kappa shape index (κ1) is 21.6. The first-order chi connectivity index (χ1) is 17.3. The van der Waals surface area contributed by atoms with Gasteiger partial charge in [0.1, 0.15) is 11.3 Å². The fourth-order valence-electron chi connectivity index (χ4n) is 4.40. The first-order valence-electron chi connectivity index (χ1n) is 11.6. The van der Waals surface area contributed by atoms with E-state index in [-0.39, 0.29) is 0 Å². The van der Waals surface area contributed by atoms with Crippen LogP contribution in [-0.2, 0) is 0 Å². The fraction of sp³-hybridized carbons (Fsp3) is 0.185. The molecule has 5 aromatic rings. The number of benzene rings is 2. The maximum absolute atomic E-state index is 5.27. The van der Waals surface area contributed by atoms with Crippen molar-refractivity contribution in [3.05, 3.63) is 73.1 Å². The van der Waals surface area contributed by atoms with E-state index in [1.54, 1.807) is 31.3 Å². The van der Waals surface area contributed by atoms with Crippen LogP contribution >= 0.6 is 11.8 Å². The second kappa shape index (κ2) is 9.38. The van der Waals surface area contributed by atoms with Gasteiger partial charge in [0.2, 0.25) is 0 Å². The van der Waals surface area contributed by atoms with E-state index in [1.807, 2.05) is 18.2 Å². The molecule has 7 nitrogen and oxygen atoms in total. The molecule has 2 aromatic carbocycles. The summed E-state index contributed by atoms with van der Waals surface area (Å²) in [6, 6.07) is 20.5. The first-order valence-corrected chi connectivity index (χ1v) is 12.4. The van der Waals surface area contributed by atoms with Crippen molar-refractivity contribution in [1.29, 1.82) is 0 Å². The van der Waals surface area contributed by atoms with Crippen molar-refractivity contribution in [1.82, 2.24) is 20.2 Å². The van der Waals surface area contributed by atoms with Gasteiger partial charge < -0.3 is 15.0 Å². The third kappa shape index (κ3) is 4.33. The molecule has 4 heterocycles. The molecule has 0 unspecified atom stereocenters. The van der Waals surface area contributed by atoms with E-state index < -0.39 is 0 Å². The number of anilines is 3. The molecule has 0 aliphatic carbocycles. The van der Waals surface area contributed by atoms with Crippen LogP contribution in [0.5, 0.6) is 5.75 Å². The van der Waals surface area contributed by atoms with Gasteiger partial charge in [0.15, 0.2) is 11.6 Å². The summed E-state index contributed by atoms with van der Waals surface area (Å²) in [5.41, 5.74) is 2.64. The summed E-state index contributed by atoms with van der Waals surface area (Å²) in [5.74, 6) is 2.44. The quantitative estimate of drug-likeness (QED) is 0.314. The summed E-state index contributed by atoms with van der Waals surface area (Å²) in [6.45, 7) is 2.08. The number of methoxy groups -OCH3 is 1. The SMILES string of the molecule is COc1cnc2c(Sc3ccc(Nc4nnc(N5CCCC5)c5ccccc45)cc3)ccnc2c1. The molecule has 0 amide bonds. The monoisotopic (exact) mass is 480 g/mol. The molecular weight excluding hydrogens is 456 g/mol.